The fourth-order valence-corrected chi connectivity index (χ4v) is 3.71. The summed E-state index contributed by atoms with van der Waals surface area (Å²) in [6, 6.07) is 21.4. The molecule has 0 spiro atoms. The highest BCUT2D eigenvalue weighted by Crippen LogP contribution is 2.15. The molecular formula is C28H34N2O3. The second-order valence-electron chi connectivity index (χ2n) is 8.62. The molecule has 33 heavy (non-hydrogen) atoms. The van der Waals surface area contributed by atoms with Crippen LogP contribution < -0.4 is 0 Å². The van der Waals surface area contributed by atoms with E-state index >= 15 is 0 Å². The number of nitrogens with zero attached hydrogens (tertiary/aromatic N) is 2. The molecule has 2 aromatic carbocycles. The van der Waals surface area contributed by atoms with E-state index in [9.17, 15) is 9.59 Å². The highest BCUT2D eigenvalue weighted by atomic mass is 16.3. The predicted octanol–water partition coefficient (Wildman–Crippen LogP) is 5.41. The standard InChI is InChI=1S/C28H34N2O3/c1-5-22(3)30(28(32)25-14-11-21(2)12-15-25)20-27(31)29(19-26-16-13-23(4)33-26)18-17-24-9-7-6-8-10-24/h6-16,22H,5,17-20H2,1-4H3/t22-/m0/s1. The van der Waals surface area contributed by atoms with E-state index in [0.717, 1.165) is 29.9 Å². The van der Waals surface area contributed by atoms with Crippen molar-refractivity contribution in [1.82, 2.24) is 9.80 Å². The topological polar surface area (TPSA) is 53.8 Å². The van der Waals surface area contributed by atoms with Gasteiger partial charge in [-0.25, -0.2) is 0 Å². The molecule has 0 bridgehead atoms. The first kappa shape index (κ1) is 24.3. The molecule has 3 rings (SSSR count). The lowest BCUT2D eigenvalue weighted by Crippen LogP contribution is -2.46. The summed E-state index contributed by atoms with van der Waals surface area (Å²) in [6.07, 6.45) is 1.51. The van der Waals surface area contributed by atoms with Crippen molar-refractivity contribution >= 4 is 11.8 Å². The number of hydrogen-bond acceptors (Lipinski definition) is 3. The summed E-state index contributed by atoms with van der Waals surface area (Å²) in [5.74, 6) is 1.36. The maximum Gasteiger partial charge on any atom is 0.254 e. The quantitative estimate of drug-likeness (QED) is 0.418. The first-order chi connectivity index (χ1) is 15.9. The van der Waals surface area contributed by atoms with Crippen LogP contribution in [-0.4, -0.2) is 40.7 Å². The molecule has 0 aliphatic rings. The van der Waals surface area contributed by atoms with Gasteiger partial charge in [-0.1, -0.05) is 55.0 Å². The van der Waals surface area contributed by atoms with E-state index in [2.05, 4.69) is 12.1 Å². The minimum Gasteiger partial charge on any atom is -0.464 e. The molecule has 0 saturated heterocycles. The number of benzene rings is 2. The summed E-state index contributed by atoms with van der Waals surface area (Å²) < 4.78 is 5.74. The number of furan rings is 1. The predicted molar refractivity (Wildman–Crippen MR) is 131 cm³/mol. The van der Waals surface area contributed by atoms with E-state index in [4.69, 9.17) is 4.42 Å². The summed E-state index contributed by atoms with van der Waals surface area (Å²) in [4.78, 5) is 30.3. The zero-order chi connectivity index (χ0) is 23.8. The smallest absolute Gasteiger partial charge is 0.254 e. The SMILES string of the molecule is CC[C@H](C)N(CC(=O)N(CCc1ccccc1)Cc1ccc(C)o1)C(=O)c1ccc(C)cc1. The molecule has 0 saturated carbocycles. The third-order valence-corrected chi connectivity index (χ3v) is 6.00. The normalized spacial score (nSPS) is 11.8. The van der Waals surface area contributed by atoms with Crippen molar-refractivity contribution in [2.45, 2.75) is 53.1 Å². The molecule has 5 heteroatoms. The monoisotopic (exact) mass is 446 g/mol. The fourth-order valence-electron chi connectivity index (χ4n) is 3.71. The Bertz CT molecular complexity index is 1040. The lowest BCUT2D eigenvalue weighted by atomic mass is 10.1. The molecule has 1 atom stereocenters. The minimum absolute atomic E-state index is 0.0379. The summed E-state index contributed by atoms with van der Waals surface area (Å²) in [7, 11) is 0. The fraction of sp³-hybridized carbons (Fsp3) is 0.357. The Labute approximate surface area is 197 Å². The molecule has 3 aromatic rings. The maximum absolute atomic E-state index is 13.5. The van der Waals surface area contributed by atoms with Gasteiger partial charge in [0.2, 0.25) is 5.91 Å². The summed E-state index contributed by atoms with van der Waals surface area (Å²) in [6.45, 7) is 8.88. The Balaban J connectivity index is 1.78. The summed E-state index contributed by atoms with van der Waals surface area (Å²) in [5.41, 5.74) is 2.87. The van der Waals surface area contributed by atoms with Gasteiger partial charge in [0.25, 0.3) is 5.91 Å². The molecule has 5 nitrogen and oxygen atoms in total. The molecule has 0 N–H and O–H groups in total. The highest BCUT2D eigenvalue weighted by Gasteiger charge is 2.26. The first-order valence-corrected chi connectivity index (χ1v) is 11.6. The van der Waals surface area contributed by atoms with Gasteiger partial charge in [0.1, 0.15) is 18.1 Å². The molecule has 1 heterocycles. The molecule has 0 aliphatic carbocycles. The van der Waals surface area contributed by atoms with Crippen molar-refractivity contribution in [3.63, 3.8) is 0 Å². The minimum atomic E-state index is -0.116. The molecule has 2 amide bonds. The van der Waals surface area contributed by atoms with Gasteiger partial charge in [0, 0.05) is 18.2 Å². The Morgan fingerprint density at radius 1 is 0.939 bits per heavy atom. The summed E-state index contributed by atoms with van der Waals surface area (Å²) in [5, 5.41) is 0. The van der Waals surface area contributed by atoms with Crippen LogP contribution in [0.4, 0.5) is 0 Å². The first-order valence-electron chi connectivity index (χ1n) is 11.6. The van der Waals surface area contributed by atoms with Crippen molar-refractivity contribution in [3.05, 3.63) is 94.9 Å². The Kier molecular flexibility index (Phi) is 8.47. The zero-order valence-corrected chi connectivity index (χ0v) is 20.1. The lowest BCUT2D eigenvalue weighted by molar-refractivity contribution is -0.133. The van der Waals surface area contributed by atoms with Crippen molar-refractivity contribution in [2.24, 2.45) is 0 Å². The van der Waals surface area contributed by atoms with E-state index in [1.807, 2.05) is 82.3 Å². The molecule has 0 fully saturated rings. The number of carbonyl (C=O) groups is 2. The van der Waals surface area contributed by atoms with Crippen LogP contribution in [0.3, 0.4) is 0 Å². The third kappa shape index (κ3) is 6.82. The Hall–Kier alpha value is -3.34. The number of amides is 2. The molecule has 1 aromatic heterocycles. The van der Waals surface area contributed by atoms with Gasteiger partial charge in [0.15, 0.2) is 0 Å². The number of carbonyl (C=O) groups excluding carboxylic acids is 2. The number of rotatable bonds is 10. The van der Waals surface area contributed by atoms with Crippen LogP contribution in [-0.2, 0) is 17.8 Å². The Morgan fingerprint density at radius 3 is 2.24 bits per heavy atom. The van der Waals surface area contributed by atoms with Gasteiger partial charge in [-0.15, -0.1) is 0 Å². The van der Waals surface area contributed by atoms with Crippen molar-refractivity contribution in [1.29, 1.82) is 0 Å². The molecular weight excluding hydrogens is 412 g/mol. The van der Waals surface area contributed by atoms with Crippen LogP contribution in [0.25, 0.3) is 0 Å². The van der Waals surface area contributed by atoms with Gasteiger partial charge >= 0.3 is 0 Å². The van der Waals surface area contributed by atoms with Crippen LogP contribution in [0, 0.1) is 13.8 Å². The second kappa shape index (κ2) is 11.5. The van der Waals surface area contributed by atoms with E-state index < -0.39 is 0 Å². The molecule has 0 unspecified atom stereocenters. The van der Waals surface area contributed by atoms with Crippen LogP contribution in [0.15, 0.2) is 71.1 Å². The van der Waals surface area contributed by atoms with Crippen LogP contribution in [0.1, 0.15) is 53.3 Å². The molecule has 0 radical (unpaired) electrons. The van der Waals surface area contributed by atoms with Crippen molar-refractivity contribution in [3.8, 4) is 0 Å². The van der Waals surface area contributed by atoms with E-state index in [-0.39, 0.29) is 24.4 Å². The van der Waals surface area contributed by atoms with E-state index in [1.54, 1.807) is 9.80 Å². The molecule has 174 valence electrons. The largest absolute Gasteiger partial charge is 0.464 e. The third-order valence-electron chi connectivity index (χ3n) is 6.00. The Morgan fingerprint density at radius 2 is 1.64 bits per heavy atom. The van der Waals surface area contributed by atoms with Crippen LogP contribution in [0.2, 0.25) is 0 Å². The van der Waals surface area contributed by atoms with Crippen LogP contribution in [0.5, 0.6) is 0 Å². The van der Waals surface area contributed by atoms with E-state index in [0.29, 0.717) is 18.7 Å². The second-order valence-corrected chi connectivity index (χ2v) is 8.62. The van der Waals surface area contributed by atoms with Crippen molar-refractivity contribution < 1.29 is 14.0 Å². The maximum atomic E-state index is 13.5. The number of hydrogen-bond donors (Lipinski definition) is 0. The van der Waals surface area contributed by atoms with Gasteiger partial charge in [0.05, 0.1) is 6.54 Å². The highest BCUT2D eigenvalue weighted by molar-refractivity contribution is 5.96. The van der Waals surface area contributed by atoms with Crippen LogP contribution >= 0.6 is 0 Å². The average Bonchev–Trinajstić information content (AvgIpc) is 3.24. The van der Waals surface area contributed by atoms with Gasteiger partial charge in [-0.3, -0.25) is 9.59 Å². The van der Waals surface area contributed by atoms with Crippen molar-refractivity contribution in [2.75, 3.05) is 13.1 Å². The van der Waals surface area contributed by atoms with Gasteiger partial charge < -0.3 is 14.2 Å². The lowest BCUT2D eigenvalue weighted by Gasteiger charge is -2.31. The summed E-state index contributed by atoms with van der Waals surface area (Å²) >= 11 is 0. The zero-order valence-electron chi connectivity index (χ0n) is 20.1. The molecule has 0 aliphatic heterocycles. The average molecular weight is 447 g/mol. The van der Waals surface area contributed by atoms with E-state index in [1.165, 1.54) is 5.56 Å². The number of aryl methyl sites for hydroxylation is 2. The van der Waals surface area contributed by atoms with Gasteiger partial charge in [-0.2, -0.15) is 0 Å². The van der Waals surface area contributed by atoms with Gasteiger partial charge in [-0.05, 0) is 63.4 Å².